The van der Waals surface area contributed by atoms with E-state index in [2.05, 4.69) is 25.9 Å². The highest BCUT2D eigenvalue weighted by Crippen LogP contribution is 2.35. The van der Waals surface area contributed by atoms with Gasteiger partial charge < -0.3 is 9.84 Å². The largest absolute Gasteiger partial charge is 0.478 e. The summed E-state index contributed by atoms with van der Waals surface area (Å²) < 4.78 is 6.43. The molecule has 21 heavy (non-hydrogen) atoms. The number of aryl methyl sites for hydroxylation is 1. The van der Waals surface area contributed by atoms with Crippen molar-refractivity contribution in [2.75, 3.05) is 0 Å². The molecule has 106 valence electrons. The third-order valence-electron chi connectivity index (χ3n) is 2.80. The number of halogens is 1. The molecule has 0 unspecified atom stereocenters. The van der Waals surface area contributed by atoms with Gasteiger partial charge in [-0.1, -0.05) is 0 Å². The van der Waals surface area contributed by atoms with Crippen molar-refractivity contribution in [3.05, 3.63) is 45.5 Å². The fourth-order valence-corrected chi connectivity index (χ4v) is 3.02. The fourth-order valence-electron chi connectivity index (χ4n) is 1.85. The summed E-state index contributed by atoms with van der Waals surface area (Å²) in [6, 6.07) is 6.55. The van der Waals surface area contributed by atoms with Gasteiger partial charge in [0.2, 0.25) is 5.88 Å². The zero-order chi connectivity index (χ0) is 15.0. The van der Waals surface area contributed by atoms with Crippen molar-refractivity contribution >= 4 is 43.5 Å². The van der Waals surface area contributed by atoms with Crippen LogP contribution in [0.25, 0.3) is 10.2 Å². The average molecular weight is 365 g/mol. The van der Waals surface area contributed by atoms with E-state index in [-0.39, 0.29) is 5.56 Å². The molecule has 0 saturated carbocycles. The first-order chi connectivity index (χ1) is 10.0. The second-order valence-corrected chi connectivity index (χ2v) is 6.40. The van der Waals surface area contributed by atoms with Crippen molar-refractivity contribution in [2.45, 2.75) is 6.92 Å². The van der Waals surface area contributed by atoms with Crippen LogP contribution in [0, 0.1) is 6.92 Å². The number of nitrogens with zero attached hydrogens (tertiary/aromatic N) is 2. The Morgan fingerprint density at radius 3 is 2.90 bits per heavy atom. The summed E-state index contributed by atoms with van der Waals surface area (Å²) in [6.07, 6.45) is 1.43. The lowest BCUT2D eigenvalue weighted by Crippen LogP contribution is -1.97. The van der Waals surface area contributed by atoms with Crippen molar-refractivity contribution < 1.29 is 14.6 Å². The Labute approximate surface area is 132 Å². The molecule has 3 aromatic rings. The van der Waals surface area contributed by atoms with Crippen LogP contribution in [0.15, 0.2) is 35.1 Å². The number of carboxylic acids is 1. The third-order valence-corrected chi connectivity index (χ3v) is 4.41. The van der Waals surface area contributed by atoms with Gasteiger partial charge in [0, 0.05) is 4.88 Å². The minimum Gasteiger partial charge on any atom is -0.478 e. The van der Waals surface area contributed by atoms with Crippen LogP contribution in [0.2, 0.25) is 0 Å². The van der Waals surface area contributed by atoms with Crippen LogP contribution >= 0.6 is 27.3 Å². The summed E-state index contributed by atoms with van der Waals surface area (Å²) in [5.41, 5.74) is 0.153. The zero-order valence-electron chi connectivity index (χ0n) is 10.8. The van der Waals surface area contributed by atoms with Crippen LogP contribution in [0.1, 0.15) is 15.2 Å². The number of carboxylic acid groups (broad SMARTS) is 1. The monoisotopic (exact) mass is 364 g/mol. The van der Waals surface area contributed by atoms with Crippen LogP contribution in [-0.4, -0.2) is 21.0 Å². The number of aromatic carboxylic acids is 1. The maximum absolute atomic E-state index is 11.0. The average Bonchev–Trinajstić information content (AvgIpc) is 2.82. The van der Waals surface area contributed by atoms with Crippen molar-refractivity contribution in [3.8, 4) is 11.6 Å². The van der Waals surface area contributed by atoms with Crippen LogP contribution in [0.4, 0.5) is 0 Å². The second-order valence-electron chi connectivity index (χ2n) is 4.31. The van der Waals surface area contributed by atoms with E-state index in [4.69, 9.17) is 9.84 Å². The van der Waals surface area contributed by atoms with E-state index >= 15 is 0 Å². The lowest BCUT2D eigenvalue weighted by molar-refractivity contribution is 0.0696. The van der Waals surface area contributed by atoms with Crippen molar-refractivity contribution in [3.63, 3.8) is 0 Å². The molecule has 0 atom stereocenters. The van der Waals surface area contributed by atoms with Gasteiger partial charge in [-0.05, 0) is 47.1 Å². The standard InChI is InChI=1S/C14H9BrN2O3S/c1-7-4-9-12(16-6-17-13(9)21-7)20-11-5-8(14(18)19)2-3-10(11)15/h2-6H,1H3,(H,18,19). The molecule has 0 aliphatic carbocycles. The van der Waals surface area contributed by atoms with Gasteiger partial charge in [0.15, 0.2) is 0 Å². The predicted molar refractivity (Wildman–Crippen MR) is 83.3 cm³/mol. The molecule has 2 aromatic heterocycles. The Bertz CT molecular complexity index is 847. The Hall–Kier alpha value is -1.99. The number of thiophene rings is 1. The smallest absolute Gasteiger partial charge is 0.335 e. The molecule has 5 nitrogen and oxygen atoms in total. The quantitative estimate of drug-likeness (QED) is 0.751. The Kier molecular flexibility index (Phi) is 3.60. The molecule has 0 aliphatic rings. The summed E-state index contributed by atoms with van der Waals surface area (Å²) in [5, 5.41) is 9.86. The molecule has 1 aromatic carbocycles. The van der Waals surface area contributed by atoms with Crippen LogP contribution < -0.4 is 4.74 Å². The number of rotatable bonds is 3. The predicted octanol–water partition coefficient (Wildman–Crippen LogP) is 4.25. The van der Waals surface area contributed by atoms with Gasteiger partial charge in [-0.25, -0.2) is 14.8 Å². The molecule has 0 bridgehead atoms. The van der Waals surface area contributed by atoms with Gasteiger partial charge in [0.05, 0.1) is 15.4 Å². The third kappa shape index (κ3) is 2.74. The Morgan fingerprint density at radius 2 is 2.14 bits per heavy atom. The van der Waals surface area contributed by atoms with E-state index in [1.165, 1.54) is 18.5 Å². The van der Waals surface area contributed by atoms with Gasteiger partial charge in [0.25, 0.3) is 0 Å². The number of aromatic nitrogens is 2. The lowest BCUT2D eigenvalue weighted by atomic mass is 10.2. The molecule has 3 rings (SSSR count). The summed E-state index contributed by atoms with van der Waals surface area (Å²) in [4.78, 5) is 21.3. The van der Waals surface area contributed by atoms with Crippen LogP contribution in [0.3, 0.4) is 0 Å². The number of fused-ring (bicyclic) bond motifs is 1. The topological polar surface area (TPSA) is 72.3 Å². The summed E-state index contributed by atoms with van der Waals surface area (Å²) >= 11 is 4.90. The molecule has 0 radical (unpaired) electrons. The van der Waals surface area contributed by atoms with E-state index in [0.717, 1.165) is 15.1 Å². The number of ether oxygens (including phenoxy) is 1. The molecule has 0 fully saturated rings. The first-order valence-electron chi connectivity index (χ1n) is 5.96. The molecule has 1 N–H and O–H groups in total. The highest BCUT2D eigenvalue weighted by atomic mass is 79.9. The van der Waals surface area contributed by atoms with Gasteiger partial charge in [-0.15, -0.1) is 11.3 Å². The molecule has 7 heteroatoms. The molecule has 0 amide bonds. The van der Waals surface area contributed by atoms with E-state index in [1.807, 2.05) is 13.0 Å². The molecular weight excluding hydrogens is 356 g/mol. The van der Waals surface area contributed by atoms with Crippen LogP contribution in [-0.2, 0) is 0 Å². The fraction of sp³-hybridized carbons (Fsp3) is 0.0714. The van der Waals surface area contributed by atoms with Gasteiger partial charge in [-0.3, -0.25) is 0 Å². The van der Waals surface area contributed by atoms with Gasteiger partial charge in [0.1, 0.15) is 16.9 Å². The SMILES string of the molecule is Cc1cc2c(Oc3cc(C(=O)O)ccc3Br)ncnc2s1. The Balaban J connectivity index is 2.06. The molecule has 0 saturated heterocycles. The van der Waals surface area contributed by atoms with E-state index in [1.54, 1.807) is 17.4 Å². The highest BCUT2D eigenvalue weighted by molar-refractivity contribution is 9.10. The first kappa shape index (κ1) is 14.0. The maximum atomic E-state index is 11.0. The van der Waals surface area contributed by atoms with Gasteiger partial charge in [-0.2, -0.15) is 0 Å². The molecule has 2 heterocycles. The van der Waals surface area contributed by atoms with Gasteiger partial charge >= 0.3 is 5.97 Å². The summed E-state index contributed by atoms with van der Waals surface area (Å²) in [7, 11) is 0. The molecular formula is C14H9BrN2O3S. The maximum Gasteiger partial charge on any atom is 0.335 e. The first-order valence-corrected chi connectivity index (χ1v) is 7.57. The van der Waals surface area contributed by atoms with Crippen molar-refractivity contribution in [1.29, 1.82) is 0 Å². The van der Waals surface area contributed by atoms with Crippen LogP contribution in [0.5, 0.6) is 11.6 Å². The second kappa shape index (κ2) is 5.42. The summed E-state index contributed by atoms with van der Waals surface area (Å²) in [6.45, 7) is 1.98. The van der Waals surface area contributed by atoms with E-state index in [0.29, 0.717) is 16.1 Å². The highest BCUT2D eigenvalue weighted by Gasteiger charge is 2.13. The van der Waals surface area contributed by atoms with Crippen molar-refractivity contribution in [2.24, 2.45) is 0 Å². The molecule has 0 spiro atoms. The number of carbonyl (C=O) groups is 1. The van der Waals surface area contributed by atoms with E-state index in [9.17, 15) is 4.79 Å². The number of hydrogen-bond acceptors (Lipinski definition) is 5. The Morgan fingerprint density at radius 1 is 1.33 bits per heavy atom. The minimum absolute atomic E-state index is 0.153. The number of hydrogen-bond donors (Lipinski definition) is 1. The molecule has 0 aliphatic heterocycles. The van der Waals surface area contributed by atoms with E-state index < -0.39 is 5.97 Å². The summed E-state index contributed by atoms with van der Waals surface area (Å²) in [5.74, 6) is -0.196. The zero-order valence-corrected chi connectivity index (χ0v) is 13.2. The minimum atomic E-state index is -1.01. The van der Waals surface area contributed by atoms with Crippen molar-refractivity contribution in [1.82, 2.24) is 9.97 Å². The lowest BCUT2D eigenvalue weighted by Gasteiger charge is -2.08. The normalized spacial score (nSPS) is 10.8. The number of benzene rings is 1.